The lowest BCUT2D eigenvalue weighted by atomic mass is 10.1. The van der Waals surface area contributed by atoms with Crippen molar-refractivity contribution >= 4 is 11.6 Å². The third-order valence-corrected chi connectivity index (χ3v) is 4.60. The number of benzene rings is 2. The SMILES string of the molecule is O=C(c1ccc([N+](=O)[O-])cc1)N1CCN(CC(O)c2ccccc2)CC1. The zero-order valence-corrected chi connectivity index (χ0v) is 14.3. The molecule has 1 unspecified atom stereocenters. The third kappa shape index (κ3) is 4.25. The monoisotopic (exact) mass is 355 g/mol. The summed E-state index contributed by atoms with van der Waals surface area (Å²) >= 11 is 0. The Balaban J connectivity index is 1.53. The van der Waals surface area contributed by atoms with Crippen LogP contribution in [0.5, 0.6) is 0 Å². The van der Waals surface area contributed by atoms with Gasteiger partial charge in [-0.15, -0.1) is 0 Å². The van der Waals surface area contributed by atoms with E-state index in [2.05, 4.69) is 4.90 Å². The molecule has 1 aliphatic rings. The lowest BCUT2D eigenvalue weighted by Gasteiger charge is -2.35. The molecule has 26 heavy (non-hydrogen) atoms. The molecule has 0 saturated carbocycles. The Morgan fingerprint density at radius 1 is 1.04 bits per heavy atom. The molecule has 1 N–H and O–H groups in total. The van der Waals surface area contributed by atoms with Crippen molar-refractivity contribution in [2.45, 2.75) is 6.10 Å². The van der Waals surface area contributed by atoms with Crippen LogP contribution in [0.1, 0.15) is 22.0 Å². The van der Waals surface area contributed by atoms with E-state index in [4.69, 9.17) is 0 Å². The van der Waals surface area contributed by atoms with E-state index in [-0.39, 0.29) is 11.6 Å². The predicted octanol–water partition coefficient (Wildman–Crippen LogP) is 2.09. The minimum atomic E-state index is -0.548. The molecule has 3 rings (SSSR count). The largest absolute Gasteiger partial charge is 0.387 e. The third-order valence-electron chi connectivity index (χ3n) is 4.60. The number of aliphatic hydroxyl groups excluding tert-OH is 1. The summed E-state index contributed by atoms with van der Waals surface area (Å²) in [5.74, 6) is -0.122. The summed E-state index contributed by atoms with van der Waals surface area (Å²) in [5.41, 5.74) is 1.31. The zero-order valence-electron chi connectivity index (χ0n) is 14.3. The maximum Gasteiger partial charge on any atom is 0.269 e. The molecule has 136 valence electrons. The number of non-ortho nitro benzene ring substituents is 1. The van der Waals surface area contributed by atoms with Crippen molar-refractivity contribution in [1.82, 2.24) is 9.80 Å². The summed E-state index contributed by atoms with van der Waals surface area (Å²) in [6.45, 7) is 3.03. The van der Waals surface area contributed by atoms with Crippen molar-refractivity contribution < 1.29 is 14.8 Å². The second-order valence-electron chi connectivity index (χ2n) is 6.32. The van der Waals surface area contributed by atoms with E-state index in [1.807, 2.05) is 30.3 Å². The minimum absolute atomic E-state index is 0.0266. The fourth-order valence-corrected chi connectivity index (χ4v) is 3.07. The van der Waals surface area contributed by atoms with Crippen LogP contribution in [0.3, 0.4) is 0 Å². The Labute approximate surface area is 151 Å². The number of hydrogen-bond acceptors (Lipinski definition) is 5. The van der Waals surface area contributed by atoms with E-state index in [0.717, 1.165) is 5.56 Å². The quantitative estimate of drug-likeness (QED) is 0.655. The maximum absolute atomic E-state index is 12.5. The van der Waals surface area contributed by atoms with Crippen molar-refractivity contribution in [3.8, 4) is 0 Å². The lowest BCUT2D eigenvalue weighted by Crippen LogP contribution is -2.49. The second-order valence-corrected chi connectivity index (χ2v) is 6.32. The molecule has 0 radical (unpaired) electrons. The second kappa shape index (κ2) is 8.07. The van der Waals surface area contributed by atoms with Crippen LogP contribution in [-0.4, -0.2) is 58.5 Å². The van der Waals surface area contributed by atoms with Gasteiger partial charge in [0.05, 0.1) is 11.0 Å². The van der Waals surface area contributed by atoms with Crippen LogP contribution in [0.15, 0.2) is 54.6 Å². The van der Waals surface area contributed by atoms with Gasteiger partial charge in [0, 0.05) is 50.4 Å². The Bertz CT molecular complexity index is 756. The van der Waals surface area contributed by atoms with Crippen LogP contribution in [0, 0.1) is 10.1 Å². The highest BCUT2D eigenvalue weighted by atomic mass is 16.6. The number of amides is 1. The summed E-state index contributed by atoms with van der Waals surface area (Å²) < 4.78 is 0. The molecule has 1 fully saturated rings. The topological polar surface area (TPSA) is 86.9 Å². The van der Waals surface area contributed by atoms with Gasteiger partial charge in [-0.2, -0.15) is 0 Å². The Morgan fingerprint density at radius 2 is 1.65 bits per heavy atom. The fourth-order valence-electron chi connectivity index (χ4n) is 3.07. The van der Waals surface area contributed by atoms with Gasteiger partial charge in [0.25, 0.3) is 11.6 Å². The number of nitrogens with zero attached hydrogens (tertiary/aromatic N) is 3. The van der Waals surface area contributed by atoms with Crippen LogP contribution >= 0.6 is 0 Å². The molecule has 1 atom stereocenters. The van der Waals surface area contributed by atoms with Crippen molar-refractivity contribution in [2.75, 3.05) is 32.7 Å². The van der Waals surface area contributed by atoms with Crippen molar-refractivity contribution in [2.24, 2.45) is 0 Å². The van der Waals surface area contributed by atoms with Gasteiger partial charge < -0.3 is 10.0 Å². The average molecular weight is 355 g/mol. The molecule has 1 heterocycles. The number of carbonyl (C=O) groups is 1. The van der Waals surface area contributed by atoms with Crippen LogP contribution in [0.25, 0.3) is 0 Å². The first-order valence-corrected chi connectivity index (χ1v) is 8.53. The van der Waals surface area contributed by atoms with Gasteiger partial charge in [0.15, 0.2) is 0 Å². The number of β-amino-alcohol motifs (C(OH)–C–C–N with tert-alkyl or cyclic N) is 1. The number of aliphatic hydroxyl groups is 1. The molecule has 2 aromatic carbocycles. The van der Waals surface area contributed by atoms with Gasteiger partial charge in [-0.05, 0) is 17.7 Å². The molecular weight excluding hydrogens is 334 g/mol. The maximum atomic E-state index is 12.5. The van der Waals surface area contributed by atoms with Gasteiger partial charge in [0.1, 0.15) is 0 Å². The number of nitro groups is 1. The number of rotatable bonds is 5. The number of carbonyl (C=O) groups excluding carboxylic acids is 1. The Hall–Kier alpha value is -2.77. The first-order chi connectivity index (χ1) is 12.5. The van der Waals surface area contributed by atoms with Gasteiger partial charge in [-0.1, -0.05) is 30.3 Å². The molecule has 1 aliphatic heterocycles. The molecule has 7 nitrogen and oxygen atoms in total. The highest BCUT2D eigenvalue weighted by Crippen LogP contribution is 2.17. The predicted molar refractivity (Wildman–Crippen MR) is 96.8 cm³/mol. The summed E-state index contributed by atoms with van der Waals surface area (Å²) in [6, 6.07) is 15.2. The zero-order chi connectivity index (χ0) is 18.5. The van der Waals surface area contributed by atoms with E-state index in [1.165, 1.54) is 24.3 Å². The fraction of sp³-hybridized carbons (Fsp3) is 0.316. The average Bonchev–Trinajstić information content (AvgIpc) is 2.69. The van der Waals surface area contributed by atoms with Gasteiger partial charge in [-0.25, -0.2) is 0 Å². The number of hydrogen-bond donors (Lipinski definition) is 1. The highest BCUT2D eigenvalue weighted by Gasteiger charge is 2.24. The normalized spacial score (nSPS) is 16.3. The minimum Gasteiger partial charge on any atom is -0.387 e. The molecule has 7 heteroatoms. The van der Waals surface area contributed by atoms with Crippen molar-refractivity contribution in [3.63, 3.8) is 0 Å². The summed E-state index contributed by atoms with van der Waals surface area (Å²) in [5, 5.41) is 21.0. The van der Waals surface area contributed by atoms with Crippen LogP contribution in [0.4, 0.5) is 5.69 Å². The summed E-state index contributed by atoms with van der Waals surface area (Å²) in [4.78, 5) is 26.6. The first kappa shape index (κ1) is 18.0. The molecule has 0 aromatic heterocycles. The van der Waals surface area contributed by atoms with Gasteiger partial charge in [-0.3, -0.25) is 19.8 Å². The smallest absolute Gasteiger partial charge is 0.269 e. The van der Waals surface area contributed by atoms with Crippen molar-refractivity contribution in [1.29, 1.82) is 0 Å². The molecule has 0 bridgehead atoms. The Morgan fingerprint density at radius 3 is 2.23 bits per heavy atom. The summed E-state index contributed by atoms with van der Waals surface area (Å²) in [7, 11) is 0. The molecule has 1 saturated heterocycles. The Kier molecular flexibility index (Phi) is 5.60. The molecular formula is C19H21N3O4. The van der Waals surface area contributed by atoms with Crippen molar-refractivity contribution in [3.05, 3.63) is 75.8 Å². The van der Waals surface area contributed by atoms with E-state index in [9.17, 15) is 20.0 Å². The van der Waals surface area contributed by atoms with E-state index < -0.39 is 11.0 Å². The summed E-state index contributed by atoms with van der Waals surface area (Å²) in [6.07, 6.45) is -0.548. The van der Waals surface area contributed by atoms with Crippen LogP contribution in [0.2, 0.25) is 0 Å². The van der Waals surface area contributed by atoms with Crippen LogP contribution in [-0.2, 0) is 0 Å². The number of piperazine rings is 1. The molecule has 0 aliphatic carbocycles. The van der Waals surface area contributed by atoms with Gasteiger partial charge >= 0.3 is 0 Å². The van der Waals surface area contributed by atoms with E-state index in [0.29, 0.717) is 38.3 Å². The standard InChI is InChI=1S/C19H21N3O4/c23-18(15-4-2-1-3-5-15)14-20-10-12-21(13-11-20)19(24)16-6-8-17(9-7-16)22(25)26/h1-9,18,23H,10-14H2. The first-order valence-electron chi connectivity index (χ1n) is 8.53. The molecule has 1 amide bonds. The van der Waals surface area contributed by atoms with E-state index >= 15 is 0 Å². The molecule has 2 aromatic rings. The van der Waals surface area contributed by atoms with Crippen LogP contribution < -0.4 is 0 Å². The van der Waals surface area contributed by atoms with E-state index in [1.54, 1.807) is 4.90 Å². The van der Waals surface area contributed by atoms with Gasteiger partial charge in [0.2, 0.25) is 0 Å². The highest BCUT2D eigenvalue weighted by molar-refractivity contribution is 5.94. The molecule has 0 spiro atoms. The lowest BCUT2D eigenvalue weighted by molar-refractivity contribution is -0.384. The number of nitro benzene ring substituents is 1.